The maximum Gasteiger partial charge on any atom is 0.501 e. The number of likely N-dealkylation sites (N-methyl/N-ethyl adjacent to an activating group) is 1. The molecule has 0 aliphatic carbocycles. The Kier molecular flexibility index (Phi) is 13.8. The summed E-state index contributed by atoms with van der Waals surface area (Å²) in [6, 6.07) is 10.9. The maximum atomic E-state index is 13.6. The number of thioether (sulfide) groups is 1. The lowest BCUT2D eigenvalue weighted by Gasteiger charge is -2.31. The van der Waals surface area contributed by atoms with Crippen molar-refractivity contribution in [2.24, 2.45) is 5.14 Å². The van der Waals surface area contributed by atoms with E-state index in [1.807, 2.05) is 35.2 Å². The van der Waals surface area contributed by atoms with Crippen LogP contribution in [0.15, 0.2) is 63.2 Å². The van der Waals surface area contributed by atoms with Crippen molar-refractivity contribution in [2.75, 3.05) is 37.8 Å². The number of phosphoric ester groups is 1. The highest BCUT2D eigenvalue weighted by atomic mass is 32.2. The highest BCUT2D eigenvalue weighted by Crippen LogP contribution is 2.55. The number of sulfonamides is 1. The van der Waals surface area contributed by atoms with Gasteiger partial charge in [0.1, 0.15) is 4.90 Å². The predicted octanol–water partition coefficient (Wildman–Crippen LogP) is 6.28. The number of rotatable bonds is 16. The Labute approximate surface area is 274 Å². The van der Waals surface area contributed by atoms with Crippen molar-refractivity contribution >= 4 is 45.1 Å². The van der Waals surface area contributed by atoms with Gasteiger partial charge in [0.15, 0.2) is 0 Å². The molecule has 262 valence electrons. The van der Waals surface area contributed by atoms with E-state index in [0.717, 1.165) is 17.0 Å². The van der Waals surface area contributed by atoms with Crippen LogP contribution in [0.3, 0.4) is 0 Å². The van der Waals surface area contributed by atoms with Gasteiger partial charge in [0.2, 0.25) is 10.0 Å². The van der Waals surface area contributed by atoms with Gasteiger partial charge in [0.25, 0.3) is 9.84 Å². The molecule has 18 heteroatoms. The number of nitrogens with zero attached hydrogens (tertiary/aromatic N) is 1. The molecule has 0 radical (unpaired) electrons. The first-order chi connectivity index (χ1) is 20.8. The van der Waals surface area contributed by atoms with Crippen LogP contribution >= 0.6 is 19.6 Å². The molecule has 0 aliphatic heterocycles. The number of phosphoric acid groups is 1. The third-order valence-corrected chi connectivity index (χ3v) is 11.4. The lowest BCUT2D eigenvalue weighted by molar-refractivity contribution is -0.0436. The summed E-state index contributed by atoms with van der Waals surface area (Å²) in [5.74, 6) is 0.310. The molecule has 0 aromatic heterocycles. The third-order valence-electron chi connectivity index (χ3n) is 5.78. The fraction of sp³-hybridized carbons (Fsp3) is 0.571. The van der Waals surface area contributed by atoms with Gasteiger partial charge in [-0.2, -0.15) is 13.2 Å². The van der Waals surface area contributed by atoms with Crippen LogP contribution in [0.5, 0.6) is 0 Å². The van der Waals surface area contributed by atoms with Crippen molar-refractivity contribution in [1.29, 1.82) is 0 Å². The van der Waals surface area contributed by atoms with Gasteiger partial charge in [0, 0.05) is 23.2 Å². The Morgan fingerprint density at radius 3 is 2.00 bits per heavy atom. The number of nitrogens with one attached hydrogen (secondary N) is 1. The quantitative estimate of drug-likeness (QED) is 0.148. The minimum Gasteiger partial charge on any atom is -0.380 e. The number of halogens is 3. The Hall–Kier alpha value is -1.69. The number of primary sulfonamides is 1. The molecule has 3 N–H and O–H groups in total. The second-order valence-electron chi connectivity index (χ2n) is 12.4. The van der Waals surface area contributed by atoms with Crippen LogP contribution in [0, 0.1) is 0 Å². The van der Waals surface area contributed by atoms with Crippen molar-refractivity contribution in [3.8, 4) is 0 Å². The molecule has 0 saturated heterocycles. The second kappa shape index (κ2) is 15.7. The summed E-state index contributed by atoms with van der Waals surface area (Å²) in [4.78, 5) is 0.672. The SMILES string of the molecule is CN(CCOP(=O)(OC(C)(C)C)OC(C)(C)C)CCC(CSc1ccccc1)Nc1ccc(S(N)(=O)=O)cc1S(=O)(=O)C(F)(F)F. The maximum absolute atomic E-state index is 13.6. The first kappa shape index (κ1) is 40.5. The van der Waals surface area contributed by atoms with E-state index in [0.29, 0.717) is 24.8 Å². The Balaban J connectivity index is 2.27. The summed E-state index contributed by atoms with van der Waals surface area (Å²) in [7, 11) is -12.6. The van der Waals surface area contributed by atoms with Crippen molar-refractivity contribution in [2.45, 2.75) is 85.4 Å². The van der Waals surface area contributed by atoms with E-state index < -0.39 is 65.9 Å². The molecule has 0 bridgehead atoms. The van der Waals surface area contributed by atoms with E-state index in [2.05, 4.69) is 5.32 Å². The third kappa shape index (κ3) is 13.4. The van der Waals surface area contributed by atoms with Crippen molar-refractivity contribution in [3.05, 3.63) is 48.5 Å². The fourth-order valence-electron chi connectivity index (χ4n) is 3.82. The second-order valence-corrected chi connectivity index (χ2v) is 18.5. The van der Waals surface area contributed by atoms with E-state index in [1.54, 1.807) is 48.6 Å². The lowest BCUT2D eigenvalue weighted by Crippen LogP contribution is -2.32. The highest BCUT2D eigenvalue weighted by molar-refractivity contribution is 7.99. The van der Waals surface area contributed by atoms with Gasteiger partial charge in [-0.3, -0.25) is 13.6 Å². The lowest BCUT2D eigenvalue weighted by atomic mass is 10.2. The molecule has 0 spiro atoms. The zero-order valence-corrected chi connectivity index (χ0v) is 30.2. The van der Waals surface area contributed by atoms with Gasteiger partial charge in [-0.15, -0.1) is 11.8 Å². The van der Waals surface area contributed by atoms with Gasteiger partial charge in [-0.1, -0.05) is 18.2 Å². The van der Waals surface area contributed by atoms with Crippen LogP contribution in [0.4, 0.5) is 18.9 Å². The molecule has 2 rings (SSSR count). The van der Waals surface area contributed by atoms with Crippen LogP contribution in [0.1, 0.15) is 48.0 Å². The molecule has 0 fully saturated rings. The molecule has 11 nitrogen and oxygen atoms in total. The molecule has 1 unspecified atom stereocenters. The summed E-state index contributed by atoms with van der Waals surface area (Å²) >= 11 is 1.39. The minimum atomic E-state index is -5.95. The highest BCUT2D eigenvalue weighted by Gasteiger charge is 2.48. The summed E-state index contributed by atoms with van der Waals surface area (Å²) in [5, 5.41) is 7.96. The zero-order chi connectivity index (χ0) is 35.2. The zero-order valence-electron chi connectivity index (χ0n) is 26.8. The van der Waals surface area contributed by atoms with Gasteiger partial charge in [-0.05, 0) is 91.9 Å². The summed E-state index contributed by atoms with van der Waals surface area (Å²) in [6.07, 6.45) is 0.313. The molecule has 0 aliphatic rings. The fourth-order valence-corrected chi connectivity index (χ4v) is 8.16. The predicted molar refractivity (Wildman–Crippen MR) is 173 cm³/mol. The Bertz CT molecular complexity index is 1540. The molecule has 0 amide bonds. The summed E-state index contributed by atoms with van der Waals surface area (Å²) < 4.78 is 120. The van der Waals surface area contributed by atoms with Crippen LogP contribution in [0.25, 0.3) is 0 Å². The first-order valence-electron chi connectivity index (χ1n) is 14.1. The van der Waals surface area contributed by atoms with Gasteiger partial charge in [-0.25, -0.2) is 26.5 Å². The monoisotopic (exact) mass is 733 g/mol. The number of sulfone groups is 1. The molecular weight excluding hydrogens is 690 g/mol. The summed E-state index contributed by atoms with van der Waals surface area (Å²) in [5.41, 5.74) is -7.74. The number of hydrogen-bond donors (Lipinski definition) is 2. The van der Waals surface area contributed by atoms with Crippen LogP contribution in [-0.4, -0.2) is 77.0 Å². The number of nitrogens with two attached hydrogens (primary N) is 1. The normalized spacial score (nSPS) is 14.4. The Morgan fingerprint density at radius 2 is 1.50 bits per heavy atom. The van der Waals surface area contributed by atoms with Crippen molar-refractivity contribution in [1.82, 2.24) is 4.90 Å². The number of benzene rings is 2. The standard InChI is InChI=1S/C28H43F3N3O8PS3/c1-26(2,3)41-43(35,42-27(4,5)6)40-18-17-34(7)16-15-21(20-44-22-11-9-8-10-12-22)33-24-14-13-23(46(32,38)39)19-25(24)45(36,37)28(29,30)31/h8-14,19,21,33H,15-18,20H2,1-7H3,(H2,32,38,39). The molecule has 1 atom stereocenters. The molecule has 0 saturated carbocycles. The van der Waals surface area contributed by atoms with Gasteiger partial charge >= 0.3 is 13.3 Å². The average Bonchev–Trinajstić information content (AvgIpc) is 2.87. The Morgan fingerprint density at radius 1 is 0.935 bits per heavy atom. The first-order valence-corrected chi connectivity index (χ1v) is 19.6. The molecule has 46 heavy (non-hydrogen) atoms. The van der Waals surface area contributed by atoms with Crippen LogP contribution < -0.4 is 10.5 Å². The van der Waals surface area contributed by atoms with Gasteiger partial charge in [0.05, 0.1) is 28.4 Å². The van der Waals surface area contributed by atoms with Crippen molar-refractivity contribution in [3.63, 3.8) is 0 Å². The van der Waals surface area contributed by atoms with Crippen molar-refractivity contribution < 1.29 is 48.1 Å². The van der Waals surface area contributed by atoms with E-state index in [1.165, 1.54) is 11.8 Å². The minimum absolute atomic E-state index is 0.0280. The van der Waals surface area contributed by atoms with Crippen LogP contribution in [-0.2, 0) is 38.0 Å². The number of alkyl halides is 3. The largest absolute Gasteiger partial charge is 0.501 e. The molecule has 0 heterocycles. The van der Waals surface area contributed by atoms with E-state index >= 15 is 0 Å². The molecule has 2 aromatic rings. The van der Waals surface area contributed by atoms with E-state index in [-0.39, 0.29) is 13.2 Å². The van der Waals surface area contributed by atoms with Crippen LogP contribution in [0.2, 0.25) is 0 Å². The molecule has 2 aromatic carbocycles. The average molecular weight is 734 g/mol. The smallest absolute Gasteiger partial charge is 0.380 e. The number of hydrogen-bond acceptors (Lipinski definition) is 11. The van der Waals surface area contributed by atoms with Gasteiger partial charge < -0.3 is 10.2 Å². The topological polar surface area (TPSA) is 154 Å². The molecular formula is C28H43F3N3O8PS3. The van der Waals surface area contributed by atoms with E-state index in [9.17, 15) is 34.6 Å². The van der Waals surface area contributed by atoms with E-state index in [4.69, 9.17) is 18.7 Å². The number of anilines is 1. The summed E-state index contributed by atoms with van der Waals surface area (Å²) in [6.45, 7) is 10.9.